The summed E-state index contributed by atoms with van der Waals surface area (Å²) >= 11 is 0. The van der Waals surface area contributed by atoms with E-state index in [0.29, 0.717) is 13.0 Å². The highest BCUT2D eigenvalue weighted by atomic mass is 16.6. The van der Waals surface area contributed by atoms with Gasteiger partial charge in [-0.15, -0.1) is 0 Å². The molecule has 2 atom stereocenters. The van der Waals surface area contributed by atoms with E-state index in [2.05, 4.69) is 0 Å². The zero-order valence-electron chi connectivity index (χ0n) is 5.33. The molecule has 0 spiro atoms. The number of rotatable bonds is 3. The van der Waals surface area contributed by atoms with E-state index in [1.54, 1.807) is 0 Å². The summed E-state index contributed by atoms with van der Waals surface area (Å²) in [6.07, 6.45) is 0.674. The Morgan fingerprint density at radius 3 is 2.67 bits per heavy atom. The summed E-state index contributed by atoms with van der Waals surface area (Å²) in [6.45, 7) is 2.49. The van der Waals surface area contributed by atoms with Gasteiger partial charge < -0.3 is 9.84 Å². The van der Waals surface area contributed by atoms with Gasteiger partial charge in [0.2, 0.25) is 0 Å². The van der Waals surface area contributed by atoms with Crippen molar-refractivity contribution in [2.75, 3.05) is 6.61 Å². The van der Waals surface area contributed by atoms with Crippen LogP contribution >= 0.6 is 0 Å². The number of aliphatic carboxylic acids is 1. The lowest BCUT2D eigenvalue weighted by atomic mass is 10.0. The summed E-state index contributed by atoms with van der Waals surface area (Å²) in [7, 11) is 0. The van der Waals surface area contributed by atoms with Crippen LogP contribution < -0.4 is 0 Å². The molecule has 1 fully saturated rings. The summed E-state index contributed by atoms with van der Waals surface area (Å²) in [5, 5.41) is 8.50. The van der Waals surface area contributed by atoms with Gasteiger partial charge in [0, 0.05) is 0 Å². The van der Waals surface area contributed by atoms with Gasteiger partial charge in [0.15, 0.2) is 0 Å². The molecule has 1 rings (SSSR count). The Labute approximate surface area is 53.6 Å². The van der Waals surface area contributed by atoms with E-state index in [0.717, 1.165) is 0 Å². The van der Waals surface area contributed by atoms with Crippen LogP contribution in [0.5, 0.6) is 0 Å². The van der Waals surface area contributed by atoms with Crippen molar-refractivity contribution in [1.29, 1.82) is 0 Å². The van der Waals surface area contributed by atoms with Crippen molar-refractivity contribution in [2.24, 2.45) is 5.92 Å². The molecule has 52 valence electrons. The number of carboxylic acid groups (broad SMARTS) is 1. The quantitative estimate of drug-likeness (QED) is 0.566. The molecular weight excluding hydrogens is 120 g/mol. The highest BCUT2D eigenvalue weighted by Gasteiger charge is 2.36. The fourth-order valence-corrected chi connectivity index (χ4v) is 0.884. The van der Waals surface area contributed by atoms with Crippen molar-refractivity contribution >= 4 is 5.97 Å². The second kappa shape index (κ2) is 2.35. The number of hydrogen-bond acceptors (Lipinski definition) is 2. The Morgan fingerprint density at radius 2 is 2.56 bits per heavy atom. The van der Waals surface area contributed by atoms with Crippen molar-refractivity contribution in [3.63, 3.8) is 0 Å². The van der Waals surface area contributed by atoms with E-state index in [1.165, 1.54) is 0 Å². The third kappa shape index (κ3) is 1.42. The fraction of sp³-hybridized carbons (Fsp3) is 0.833. The van der Waals surface area contributed by atoms with Crippen molar-refractivity contribution in [2.45, 2.75) is 19.4 Å². The minimum atomic E-state index is -0.736. The van der Waals surface area contributed by atoms with Crippen molar-refractivity contribution in [3.8, 4) is 0 Å². The monoisotopic (exact) mass is 130 g/mol. The lowest BCUT2D eigenvalue weighted by Gasteiger charge is -2.02. The third-order valence-corrected chi connectivity index (χ3v) is 1.56. The first-order valence-corrected chi connectivity index (χ1v) is 3.10. The van der Waals surface area contributed by atoms with E-state index >= 15 is 0 Å². The van der Waals surface area contributed by atoms with Gasteiger partial charge >= 0.3 is 5.97 Å². The summed E-state index contributed by atoms with van der Waals surface area (Å²) < 4.78 is 4.84. The second-order valence-corrected chi connectivity index (χ2v) is 2.22. The molecule has 0 amide bonds. The molecule has 3 nitrogen and oxygen atoms in total. The average Bonchev–Trinajstić information content (AvgIpc) is 2.50. The van der Waals surface area contributed by atoms with Gasteiger partial charge in [0.05, 0.1) is 18.6 Å². The van der Waals surface area contributed by atoms with Crippen LogP contribution in [0.4, 0.5) is 0 Å². The SMILES string of the molecule is CCC(C(=O)O)C1CO1. The van der Waals surface area contributed by atoms with Gasteiger partial charge in [-0.1, -0.05) is 6.92 Å². The molecular formula is C6H10O3. The van der Waals surface area contributed by atoms with Crippen LogP contribution in [-0.2, 0) is 9.53 Å². The first-order valence-electron chi connectivity index (χ1n) is 3.10. The number of carbonyl (C=O) groups is 1. The Hall–Kier alpha value is -0.570. The van der Waals surface area contributed by atoms with Crippen LogP contribution in [0.25, 0.3) is 0 Å². The molecule has 0 saturated carbocycles. The lowest BCUT2D eigenvalue weighted by Crippen LogP contribution is -2.18. The van der Waals surface area contributed by atoms with E-state index in [4.69, 9.17) is 9.84 Å². The largest absolute Gasteiger partial charge is 0.481 e. The van der Waals surface area contributed by atoms with Gasteiger partial charge in [-0.05, 0) is 6.42 Å². The fourth-order valence-electron chi connectivity index (χ4n) is 0.884. The van der Waals surface area contributed by atoms with E-state index in [9.17, 15) is 4.79 Å². The zero-order valence-corrected chi connectivity index (χ0v) is 5.33. The number of ether oxygens (including phenoxy) is 1. The van der Waals surface area contributed by atoms with Crippen LogP contribution in [0.2, 0.25) is 0 Å². The van der Waals surface area contributed by atoms with Gasteiger partial charge in [0.1, 0.15) is 0 Å². The molecule has 2 unspecified atom stereocenters. The maximum atomic E-state index is 10.3. The predicted molar refractivity (Wildman–Crippen MR) is 31.2 cm³/mol. The second-order valence-electron chi connectivity index (χ2n) is 2.22. The molecule has 0 aromatic carbocycles. The van der Waals surface area contributed by atoms with Crippen LogP contribution in [0.15, 0.2) is 0 Å². The van der Waals surface area contributed by atoms with Gasteiger partial charge in [-0.2, -0.15) is 0 Å². The maximum Gasteiger partial charge on any atom is 0.309 e. The van der Waals surface area contributed by atoms with Crippen LogP contribution in [-0.4, -0.2) is 23.8 Å². The van der Waals surface area contributed by atoms with Gasteiger partial charge in [-0.3, -0.25) is 4.79 Å². The predicted octanol–water partition coefficient (Wildman–Crippen LogP) is 0.496. The number of epoxide rings is 1. The molecule has 0 aliphatic carbocycles. The molecule has 9 heavy (non-hydrogen) atoms. The Bertz CT molecular complexity index is 117. The highest BCUT2D eigenvalue weighted by Crippen LogP contribution is 2.22. The molecule has 0 aromatic heterocycles. The summed E-state index contributed by atoms with van der Waals surface area (Å²) in [6, 6.07) is 0. The minimum Gasteiger partial charge on any atom is -0.481 e. The molecule has 0 aromatic rings. The van der Waals surface area contributed by atoms with Crippen molar-refractivity contribution in [1.82, 2.24) is 0 Å². The number of carboxylic acids is 1. The zero-order chi connectivity index (χ0) is 6.85. The minimum absolute atomic E-state index is 0.00694. The summed E-state index contributed by atoms with van der Waals surface area (Å²) in [5.41, 5.74) is 0. The Morgan fingerprint density at radius 1 is 2.00 bits per heavy atom. The molecule has 0 radical (unpaired) electrons. The normalized spacial score (nSPS) is 27.4. The molecule has 1 aliphatic rings. The highest BCUT2D eigenvalue weighted by molar-refractivity contribution is 5.71. The molecule has 0 bridgehead atoms. The summed E-state index contributed by atoms with van der Waals surface area (Å²) in [4.78, 5) is 10.3. The average molecular weight is 130 g/mol. The molecule has 3 heteroatoms. The van der Waals surface area contributed by atoms with Crippen molar-refractivity contribution < 1.29 is 14.6 Å². The van der Waals surface area contributed by atoms with Crippen molar-refractivity contribution in [3.05, 3.63) is 0 Å². The number of hydrogen-bond donors (Lipinski definition) is 1. The van der Waals surface area contributed by atoms with Crippen LogP contribution in [0, 0.1) is 5.92 Å². The third-order valence-electron chi connectivity index (χ3n) is 1.56. The maximum absolute atomic E-state index is 10.3. The Kier molecular flexibility index (Phi) is 1.71. The van der Waals surface area contributed by atoms with Crippen LogP contribution in [0.3, 0.4) is 0 Å². The van der Waals surface area contributed by atoms with Gasteiger partial charge in [0.25, 0.3) is 0 Å². The molecule has 1 saturated heterocycles. The summed E-state index contributed by atoms with van der Waals surface area (Å²) in [5.74, 6) is -1.01. The molecule has 1 aliphatic heterocycles. The van der Waals surface area contributed by atoms with Gasteiger partial charge in [-0.25, -0.2) is 0 Å². The van der Waals surface area contributed by atoms with E-state index in [1.807, 2.05) is 6.92 Å². The lowest BCUT2D eigenvalue weighted by molar-refractivity contribution is -0.142. The standard InChI is InChI=1S/C6H10O3/c1-2-4(6(7)8)5-3-9-5/h4-5H,2-3H2,1H3,(H,7,8). The smallest absolute Gasteiger partial charge is 0.309 e. The first kappa shape index (κ1) is 6.55. The van der Waals surface area contributed by atoms with E-state index < -0.39 is 5.97 Å². The molecule has 1 heterocycles. The van der Waals surface area contributed by atoms with Crippen LogP contribution in [0.1, 0.15) is 13.3 Å². The topological polar surface area (TPSA) is 49.8 Å². The Balaban J connectivity index is 2.37. The molecule has 1 N–H and O–H groups in total. The first-order chi connectivity index (χ1) is 4.25. The van der Waals surface area contributed by atoms with E-state index in [-0.39, 0.29) is 12.0 Å².